The van der Waals surface area contributed by atoms with Crippen LogP contribution in [0.2, 0.25) is 0 Å². The highest BCUT2D eigenvalue weighted by Gasteiger charge is 2.24. The van der Waals surface area contributed by atoms with Crippen LogP contribution in [0.5, 0.6) is 0 Å². The Morgan fingerprint density at radius 3 is 2.33 bits per heavy atom. The predicted molar refractivity (Wildman–Crippen MR) is 82.4 cm³/mol. The fraction of sp³-hybridized carbons (Fsp3) is 0.600. The van der Waals surface area contributed by atoms with Crippen molar-refractivity contribution in [3.8, 4) is 0 Å². The molecule has 0 aliphatic heterocycles. The SMILES string of the molecule is CCOP(=O)(CCC(O)COCc1ccccc1)OCC. The van der Waals surface area contributed by atoms with Crippen molar-refractivity contribution in [3.05, 3.63) is 35.9 Å². The van der Waals surface area contributed by atoms with Gasteiger partial charge in [-0.3, -0.25) is 4.57 Å². The van der Waals surface area contributed by atoms with E-state index in [0.29, 0.717) is 26.2 Å². The zero-order valence-corrected chi connectivity index (χ0v) is 13.6. The van der Waals surface area contributed by atoms with E-state index in [1.54, 1.807) is 13.8 Å². The van der Waals surface area contributed by atoms with Crippen molar-refractivity contribution in [1.29, 1.82) is 0 Å². The summed E-state index contributed by atoms with van der Waals surface area (Å²) in [5.41, 5.74) is 1.05. The molecule has 0 amide bonds. The number of aliphatic hydroxyl groups is 1. The van der Waals surface area contributed by atoms with Crippen molar-refractivity contribution >= 4 is 7.60 Å². The minimum atomic E-state index is -3.08. The fourth-order valence-electron chi connectivity index (χ4n) is 1.84. The van der Waals surface area contributed by atoms with Gasteiger partial charge in [-0.15, -0.1) is 0 Å². The number of hydrogen-bond donors (Lipinski definition) is 1. The molecule has 120 valence electrons. The van der Waals surface area contributed by atoms with Crippen LogP contribution in [-0.4, -0.2) is 37.2 Å². The average molecular weight is 316 g/mol. The lowest BCUT2D eigenvalue weighted by molar-refractivity contribution is 0.0264. The Hall–Kier alpha value is -0.710. The first-order valence-corrected chi connectivity index (χ1v) is 9.00. The van der Waals surface area contributed by atoms with Gasteiger partial charge < -0.3 is 18.9 Å². The van der Waals surface area contributed by atoms with Crippen molar-refractivity contribution in [2.75, 3.05) is 26.0 Å². The first-order chi connectivity index (χ1) is 10.1. The molecule has 1 rings (SSSR count). The van der Waals surface area contributed by atoms with Crippen LogP contribution in [0.4, 0.5) is 0 Å². The molecule has 0 radical (unpaired) electrons. The molecule has 0 spiro atoms. The summed E-state index contributed by atoms with van der Waals surface area (Å²) in [6.07, 6.45) is -0.153. The second-order valence-electron chi connectivity index (χ2n) is 4.61. The first kappa shape index (κ1) is 18.3. The van der Waals surface area contributed by atoms with Crippen molar-refractivity contribution < 1.29 is 23.5 Å². The van der Waals surface area contributed by atoms with Crippen molar-refractivity contribution in [1.82, 2.24) is 0 Å². The maximum atomic E-state index is 12.2. The van der Waals surface area contributed by atoms with E-state index in [0.717, 1.165) is 5.56 Å². The largest absolute Gasteiger partial charge is 0.391 e. The van der Waals surface area contributed by atoms with E-state index in [2.05, 4.69) is 0 Å². The van der Waals surface area contributed by atoms with E-state index >= 15 is 0 Å². The Bertz CT molecular complexity index is 413. The highest BCUT2D eigenvalue weighted by atomic mass is 31.2. The topological polar surface area (TPSA) is 65.0 Å². The summed E-state index contributed by atoms with van der Waals surface area (Å²) in [7, 11) is -3.08. The molecule has 0 aliphatic rings. The standard InChI is InChI=1S/C15H25O5P/c1-3-19-21(17,20-4-2)11-10-15(16)13-18-12-14-8-6-5-7-9-14/h5-9,15-16H,3-4,10-13H2,1-2H3. The van der Waals surface area contributed by atoms with E-state index in [-0.39, 0.29) is 12.8 Å². The van der Waals surface area contributed by atoms with Crippen molar-refractivity contribution in [2.45, 2.75) is 33.0 Å². The van der Waals surface area contributed by atoms with Crippen LogP contribution in [0.15, 0.2) is 30.3 Å². The van der Waals surface area contributed by atoms with Gasteiger partial charge in [0, 0.05) is 0 Å². The van der Waals surface area contributed by atoms with E-state index in [9.17, 15) is 9.67 Å². The molecule has 0 heterocycles. The van der Waals surface area contributed by atoms with Gasteiger partial charge in [0.25, 0.3) is 0 Å². The zero-order chi connectivity index (χ0) is 15.6. The second-order valence-corrected chi connectivity index (χ2v) is 6.80. The summed E-state index contributed by atoms with van der Waals surface area (Å²) < 4.78 is 28.0. The van der Waals surface area contributed by atoms with E-state index in [1.807, 2.05) is 30.3 Å². The molecular weight excluding hydrogens is 291 g/mol. The van der Waals surface area contributed by atoms with Gasteiger partial charge in [0.1, 0.15) is 0 Å². The lowest BCUT2D eigenvalue weighted by Crippen LogP contribution is -2.17. The van der Waals surface area contributed by atoms with Gasteiger partial charge in [0.05, 0.1) is 38.7 Å². The molecule has 6 heteroatoms. The first-order valence-electron chi connectivity index (χ1n) is 7.27. The zero-order valence-electron chi connectivity index (χ0n) is 12.7. The maximum absolute atomic E-state index is 12.2. The third-order valence-corrected chi connectivity index (χ3v) is 4.92. The van der Waals surface area contributed by atoms with E-state index in [1.165, 1.54) is 0 Å². The van der Waals surface area contributed by atoms with Gasteiger partial charge in [-0.2, -0.15) is 0 Å². The van der Waals surface area contributed by atoms with Gasteiger partial charge in [0.15, 0.2) is 0 Å². The van der Waals surface area contributed by atoms with Gasteiger partial charge in [-0.05, 0) is 25.8 Å². The van der Waals surface area contributed by atoms with Crippen LogP contribution >= 0.6 is 7.60 Å². The van der Waals surface area contributed by atoms with Crippen LogP contribution in [0, 0.1) is 0 Å². The van der Waals surface area contributed by atoms with Gasteiger partial charge >= 0.3 is 7.60 Å². The molecule has 0 aromatic heterocycles. The van der Waals surface area contributed by atoms with Crippen LogP contribution in [0.1, 0.15) is 25.8 Å². The Labute approximate surface area is 126 Å². The summed E-state index contributed by atoms with van der Waals surface area (Å²) in [5, 5.41) is 9.87. The molecule has 0 saturated heterocycles. The molecule has 0 saturated carbocycles. The minimum Gasteiger partial charge on any atom is -0.391 e. The van der Waals surface area contributed by atoms with Crippen LogP contribution < -0.4 is 0 Å². The van der Waals surface area contributed by atoms with Crippen LogP contribution in [-0.2, 0) is 25.0 Å². The van der Waals surface area contributed by atoms with E-state index < -0.39 is 13.7 Å². The molecule has 1 N–H and O–H groups in total. The lowest BCUT2D eigenvalue weighted by atomic mass is 10.2. The van der Waals surface area contributed by atoms with Crippen molar-refractivity contribution in [3.63, 3.8) is 0 Å². The molecule has 1 aromatic rings. The Balaban J connectivity index is 2.26. The quantitative estimate of drug-likeness (QED) is 0.635. The third-order valence-electron chi connectivity index (χ3n) is 2.81. The minimum absolute atomic E-state index is 0.199. The Morgan fingerprint density at radius 2 is 1.76 bits per heavy atom. The molecule has 1 atom stereocenters. The number of benzene rings is 1. The molecule has 0 fully saturated rings. The molecule has 1 unspecified atom stereocenters. The van der Waals surface area contributed by atoms with Gasteiger partial charge in [0.2, 0.25) is 0 Å². The summed E-state index contributed by atoms with van der Waals surface area (Å²) in [6.45, 7) is 4.85. The smallest absolute Gasteiger partial charge is 0.330 e. The lowest BCUT2D eigenvalue weighted by Gasteiger charge is -2.18. The fourth-order valence-corrected chi connectivity index (χ4v) is 3.57. The molecule has 0 aliphatic carbocycles. The highest BCUT2D eigenvalue weighted by Crippen LogP contribution is 2.48. The number of ether oxygens (including phenoxy) is 1. The third kappa shape index (κ3) is 7.74. The highest BCUT2D eigenvalue weighted by molar-refractivity contribution is 7.53. The van der Waals surface area contributed by atoms with Crippen LogP contribution in [0.3, 0.4) is 0 Å². The molecule has 0 bridgehead atoms. The van der Waals surface area contributed by atoms with Gasteiger partial charge in [-0.1, -0.05) is 30.3 Å². The van der Waals surface area contributed by atoms with E-state index in [4.69, 9.17) is 13.8 Å². The predicted octanol–water partition coefficient (Wildman–Crippen LogP) is 3.22. The maximum Gasteiger partial charge on any atom is 0.330 e. The molecule has 5 nitrogen and oxygen atoms in total. The van der Waals surface area contributed by atoms with Gasteiger partial charge in [-0.25, -0.2) is 0 Å². The summed E-state index contributed by atoms with van der Waals surface area (Å²) in [4.78, 5) is 0. The summed E-state index contributed by atoms with van der Waals surface area (Å²) in [5.74, 6) is 0. The number of aliphatic hydroxyl groups excluding tert-OH is 1. The second kappa shape index (κ2) is 10.1. The number of hydrogen-bond acceptors (Lipinski definition) is 5. The molecule has 21 heavy (non-hydrogen) atoms. The number of rotatable bonds is 11. The average Bonchev–Trinajstić information content (AvgIpc) is 2.47. The molecule has 1 aromatic carbocycles. The van der Waals surface area contributed by atoms with Crippen molar-refractivity contribution in [2.24, 2.45) is 0 Å². The Morgan fingerprint density at radius 1 is 1.14 bits per heavy atom. The Kier molecular flexibility index (Phi) is 8.81. The summed E-state index contributed by atoms with van der Waals surface area (Å²) in [6, 6.07) is 9.75. The van der Waals surface area contributed by atoms with Crippen LogP contribution in [0.25, 0.3) is 0 Å². The monoisotopic (exact) mass is 316 g/mol. The molecular formula is C15H25O5P. The normalized spacial score (nSPS) is 13.3. The summed E-state index contributed by atoms with van der Waals surface area (Å²) >= 11 is 0.